The van der Waals surface area contributed by atoms with Crippen molar-refractivity contribution in [2.75, 3.05) is 0 Å². The van der Waals surface area contributed by atoms with Crippen LogP contribution in [-0.4, -0.2) is 10.9 Å². The fraction of sp³-hybridized carbons (Fsp3) is 0.125. The molecule has 0 spiro atoms. The Bertz CT molecular complexity index is 1050. The number of hydrogen-bond donors (Lipinski definition) is 2. The molecule has 0 saturated heterocycles. The van der Waals surface area contributed by atoms with Crippen LogP contribution in [0.3, 0.4) is 0 Å². The lowest BCUT2D eigenvalue weighted by Gasteiger charge is -2.08. The summed E-state index contributed by atoms with van der Waals surface area (Å²) in [6, 6.07) is 25.9. The fourth-order valence-electron chi connectivity index (χ4n) is 3.16. The summed E-state index contributed by atoms with van der Waals surface area (Å²) in [5, 5.41) is 4.08. The van der Waals surface area contributed by atoms with Gasteiger partial charge in [0.25, 0.3) is 0 Å². The number of para-hydroxylation sites is 1. The molecule has 0 aliphatic rings. The van der Waals surface area contributed by atoms with Crippen molar-refractivity contribution in [1.82, 2.24) is 10.3 Å². The molecule has 4 aromatic rings. The van der Waals surface area contributed by atoms with Gasteiger partial charge in [0, 0.05) is 23.6 Å². The molecule has 4 nitrogen and oxygen atoms in total. The number of benzene rings is 3. The quantitative estimate of drug-likeness (QED) is 0.499. The molecule has 0 aliphatic heterocycles. The van der Waals surface area contributed by atoms with E-state index >= 15 is 0 Å². The molecule has 0 radical (unpaired) electrons. The molecule has 0 atom stereocenters. The summed E-state index contributed by atoms with van der Waals surface area (Å²) in [5.41, 5.74) is 4.24. The highest BCUT2D eigenvalue weighted by atomic mass is 16.5. The zero-order valence-corrected chi connectivity index (χ0v) is 15.5. The van der Waals surface area contributed by atoms with Crippen LogP contribution in [0.5, 0.6) is 5.75 Å². The minimum atomic E-state index is 0.00848. The summed E-state index contributed by atoms with van der Waals surface area (Å²) in [6.45, 7) is 1.04. The van der Waals surface area contributed by atoms with Crippen molar-refractivity contribution in [3.63, 3.8) is 0 Å². The van der Waals surface area contributed by atoms with Gasteiger partial charge in [-0.25, -0.2) is 0 Å². The molecular formula is C24H22N2O2. The highest BCUT2D eigenvalue weighted by Crippen LogP contribution is 2.18. The van der Waals surface area contributed by atoms with Crippen LogP contribution < -0.4 is 10.1 Å². The highest BCUT2D eigenvalue weighted by Gasteiger charge is 2.08. The summed E-state index contributed by atoms with van der Waals surface area (Å²) in [4.78, 5) is 15.5. The molecule has 0 bridgehead atoms. The molecule has 4 rings (SSSR count). The zero-order valence-electron chi connectivity index (χ0n) is 15.5. The fourth-order valence-corrected chi connectivity index (χ4v) is 3.16. The van der Waals surface area contributed by atoms with Crippen LogP contribution in [0.1, 0.15) is 16.7 Å². The Hall–Kier alpha value is -3.53. The number of rotatable bonds is 7. The first-order valence-corrected chi connectivity index (χ1v) is 9.35. The lowest BCUT2D eigenvalue weighted by Crippen LogP contribution is -2.24. The van der Waals surface area contributed by atoms with Gasteiger partial charge in [0.15, 0.2) is 0 Å². The standard InChI is InChI=1S/C24H22N2O2/c27-24(14-20-16-25-23-9-5-4-8-22(20)23)26-15-18-10-12-21(13-11-18)28-17-19-6-2-1-3-7-19/h1-13,16,25H,14-15,17H2,(H,26,27). The van der Waals surface area contributed by atoms with E-state index in [4.69, 9.17) is 4.74 Å². The number of nitrogens with one attached hydrogen (secondary N) is 2. The molecule has 3 aromatic carbocycles. The van der Waals surface area contributed by atoms with Crippen molar-refractivity contribution in [3.8, 4) is 5.75 Å². The van der Waals surface area contributed by atoms with E-state index in [1.165, 1.54) is 0 Å². The van der Waals surface area contributed by atoms with Crippen LogP contribution in [0.15, 0.2) is 85.1 Å². The second-order valence-electron chi connectivity index (χ2n) is 6.73. The Labute approximate surface area is 164 Å². The molecule has 0 saturated carbocycles. The second kappa shape index (κ2) is 8.44. The lowest BCUT2D eigenvalue weighted by atomic mass is 10.1. The summed E-state index contributed by atoms with van der Waals surface area (Å²) in [7, 11) is 0. The van der Waals surface area contributed by atoms with Gasteiger partial charge in [-0.3, -0.25) is 4.79 Å². The average Bonchev–Trinajstić information content (AvgIpc) is 3.15. The molecule has 140 valence electrons. The molecule has 0 fully saturated rings. The van der Waals surface area contributed by atoms with Crippen molar-refractivity contribution in [1.29, 1.82) is 0 Å². The zero-order chi connectivity index (χ0) is 19.2. The summed E-state index contributed by atoms with van der Waals surface area (Å²) >= 11 is 0. The molecule has 1 aromatic heterocycles. The molecule has 0 aliphatic carbocycles. The summed E-state index contributed by atoms with van der Waals surface area (Å²) in [6.07, 6.45) is 2.27. The number of fused-ring (bicyclic) bond motifs is 1. The second-order valence-corrected chi connectivity index (χ2v) is 6.73. The largest absolute Gasteiger partial charge is 0.489 e. The third kappa shape index (κ3) is 4.41. The van der Waals surface area contributed by atoms with Crippen molar-refractivity contribution in [2.45, 2.75) is 19.6 Å². The van der Waals surface area contributed by atoms with E-state index in [-0.39, 0.29) is 5.91 Å². The third-order valence-electron chi connectivity index (χ3n) is 4.69. The van der Waals surface area contributed by atoms with Gasteiger partial charge in [-0.15, -0.1) is 0 Å². The van der Waals surface area contributed by atoms with Gasteiger partial charge in [-0.05, 0) is 34.9 Å². The molecule has 2 N–H and O–H groups in total. The number of ether oxygens (including phenoxy) is 1. The molecule has 1 heterocycles. The monoisotopic (exact) mass is 370 g/mol. The number of carbonyl (C=O) groups excluding carboxylic acids is 1. The Morgan fingerprint density at radius 3 is 2.43 bits per heavy atom. The van der Waals surface area contributed by atoms with Crippen molar-refractivity contribution >= 4 is 16.8 Å². The van der Waals surface area contributed by atoms with Crippen LogP contribution in [0.25, 0.3) is 10.9 Å². The maximum atomic E-state index is 12.3. The van der Waals surface area contributed by atoms with E-state index in [1.54, 1.807) is 0 Å². The van der Waals surface area contributed by atoms with E-state index in [0.717, 1.165) is 33.3 Å². The van der Waals surface area contributed by atoms with Gasteiger partial charge < -0.3 is 15.0 Å². The van der Waals surface area contributed by atoms with Gasteiger partial charge in [0.2, 0.25) is 5.91 Å². The first kappa shape index (κ1) is 17.9. The van der Waals surface area contributed by atoms with Crippen LogP contribution in [0.4, 0.5) is 0 Å². The van der Waals surface area contributed by atoms with Crippen LogP contribution in [0, 0.1) is 0 Å². The van der Waals surface area contributed by atoms with Gasteiger partial charge in [0.05, 0.1) is 6.42 Å². The Morgan fingerprint density at radius 1 is 0.857 bits per heavy atom. The normalized spacial score (nSPS) is 10.7. The number of amides is 1. The Morgan fingerprint density at radius 2 is 1.61 bits per heavy atom. The summed E-state index contributed by atoms with van der Waals surface area (Å²) < 4.78 is 5.79. The number of aromatic amines is 1. The van der Waals surface area contributed by atoms with E-state index in [1.807, 2.05) is 85.1 Å². The van der Waals surface area contributed by atoms with Gasteiger partial charge in [0.1, 0.15) is 12.4 Å². The molecular weight excluding hydrogens is 348 g/mol. The highest BCUT2D eigenvalue weighted by molar-refractivity contribution is 5.88. The van der Waals surface area contributed by atoms with Gasteiger partial charge in [-0.1, -0.05) is 60.7 Å². The molecule has 1 amide bonds. The number of H-pyrrole nitrogens is 1. The van der Waals surface area contributed by atoms with E-state index in [0.29, 0.717) is 19.6 Å². The minimum absolute atomic E-state index is 0.00848. The van der Waals surface area contributed by atoms with E-state index in [9.17, 15) is 4.79 Å². The summed E-state index contributed by atoms with van der Waals surface area (Å²) in [5.74, 6) is 0.826. The van der Waals surface area contributed by atoms with Crippen molar-refractivity contribution in [3.05, 3.63) is 102 Å². The first-order valence-electron chi connectivity index (χ1n) is 9.35. The lowest BCUT2D eigenvalue weighted by molar-refractivity contribution is -0.120. The number of aromatic nitrogens is 1. The maximum absolute atomic E-state index is 12.3. The molecule has 28 heavy (non-hydrogen) atoms. The average molecular weight is 370 g/mol. The first-order chi connectivity index (χ1) is 13.8. The number of hydrogen-bond acceptors (Lipinski definition) is 2. The minimum Gasteiger partial charge on any atom is -0.489 e. The molecule has 0 unspecified atom stereocenters. The van der Waals surface area contributed by atoms with Crippen molar-refractivity contribution < 1.29 is 9.53 Å². The van der Waals surface area contributed by atoms with Gasteiger partial charge in [-0.2, -0.15) is 0 Å². The molecule has 4 heteroatoms. The van der Waals surface area contributed by atoms with Crippen LogP contribution in [0.2, 0.25) is 0 Å². The van der Waals surface area contributed by atoms with Crippen molar-refractivity contribution in [2.24, 2.45) is 0 Å². The number of carbonyl (C=O) groups is 1. The Kier molecular flexibility index (Phi) is 5.38. The van der Waals surface area contributed by atoms with Crippen LogP contribution >= 0.6 is 0 Å². The predicted molar refractivity (Wildman–Crippen MR) is 111 cm³/mol. The predicted octanol–water partition coefficient (Wildman–Crippen LogP) is 4.61. The SMILES string of the molecule is O=C(Cc1c[nH]c2ccccc12)NCc1ccc(OCc2ccccc2)cc1. The Balaban J connectivity index is 1.28. The van der Waals surface area contributed by atoms with E-state index in [2.05, 4.69) is 10.3 Å². The maximum Gasteiger partial charge on any atom is 0.224 e. The topological polar surface area (TPSA) is 54.1 Å². The third-order valence-corrected chi connectivity index (χ3v) is 4.69. The smallest absolute Gasteiger partial charge is 0.224 e. The van der Waals surface area contributed by atoms with E-state index < -0.39 is 0 Å². The van der Waals surface area contributed by atoms with Crippen LogP contribution in [-0.2, 0) is 24.4 Å². The van der Waals surface area contributed by atoms with Gasteiger partial charge >= 0.3 is 0 Å².